The lowest BCUT2D eigenvalue weighted by Crippen LogP contribution is -2.69. The van der Waals surface area contributed by atoms with Crippen molar-refractivity contribution >= 4 is 53.5 Å². The quantitative estimate of drug-likeness (QED) is 0.218. The SMILES string of the molecule is CC(C)(C)[Si](O[C@H]([C@@H]1O[C@@H]1c1ccccc1)C(Cl)(Cl)Cl)(c1ccccc1)c1ccccc1. The molecular formula is C26H27Cl3O2Si. The van der Waals surface area contributed by atoms with Crippen molar-refractivity contribution < 1.29 is 9.16 Å². The average Bonchev–Trinajstić information content (AvgIpc) is 3.55. The van der Waals surface area contributed by atoms with Crippen molar-refractivity contribution in [1.82, 2.24) is 0 Å². The van der Waals surface area contributed by atoms with Crippen LogP contribution in [-0.2, 0) is 9.16 Å². The molecule has 168 valence electrons. The van der Waals surface area contributed by atoms with Gasteiger partial charge >= 0.3 is 0 Å². The van der Waals surface area contributed by atoms with Crippen LogP contribution in [0.2, 0.25) is 5.04 Å². The summed E-state index contributed by atoms with van der Waals surface area (Å²) in [6.07, 6.45) is -1.23. The van der Waals surface area contributed by atoms with E-state index < -0.39 is 18.2 Å². The minimum Gasteiger partial charge on any atom is -0.397 e. The van der Waals surface area contributed by atoms with Crippen molar-refractivity contribution in [3.8, 4) is 0 Å². The summed E-state index contributed by atoms with van der Waals surface area (Å²) in [5.41, 5.74) is 1.06. The van der Waals surface area contributed by atoms with Crippen molar-refractivity contribution in [2.45, 2.75) is 47.9 Å². The first-order chi connectivity index (χ1) is 15.1. The molecule has 0 radical (unpaired) electrons. The van der Waals surface area contributed by atoms with Crippen LogP contribution in [0.1, 0.15) is 32.4 Å². The third-order valence-electron chi connectivity index (χ3n) is 6.00. The van der Waals surface area contributed by atoms with Gasteiger partial charge in [-0.25, -0.2) is 0 Å². The lowest BCUT2D eigenvalue weighted by Gasteiger charge is -2.46. The highest BCUT2D eigenvalue weighted by atomic mass is 35.6. The van der Waals surface area contributed by atoms with Crippen LogP contribution in [0, 0.1) is 0 Å². The van der Waals surface area contributed by atoms with Crippen LogP contribution < -0.4 is 10.4 Å². The zero-order chi connectivity index (χ0) is 23.0. The standard InChI is InChI=1S/C26H27Cl3O2Si/c1-25(2,3)32(20-15-9-5-10-16-20,21-17-11-6-12-18-21)31-24(26(27,28)29)23-22(30-23)19-13-7-4-8-14-19/h4-18,22-24H,1-3H3/t22-,23-,24-/m1/s1. The fourth-order valence-corrected chi connectivity index (χ4v) is 9.90. The molecule has 1 heterocycles. The van der Waals surface area contributed by atoms with Gasteiger partial charge in [-0.1, -0.05) is 147 Å². The van der Waals surface area contributed by atoms with Crippen LogP contribution in [0.5, 0.6) is 0 Å². The number of benzene rings is 3. The van der Waals surface area contributed by atoms with E-state index in [9.17, 15) is 0 Å². The minimum atomic E-state index is -2.91. The Bertz CT molecular complexity index is 978. The molecule has 3 atom stereocenters. The fourth-order valence-electron chi connectivity index (χ4n) is 4.47. The number of hydrogen-bond donors (Lipinski definition) is 0. The van der Waals surface area contributed by atoms with Crippen LogP contribution in [0.3, 0.4) is 0 Å². The number of hydrogen-bond acceptors (Lipinski definition) is 2. The molecule has 1 fully saturated rings. The molecule has 32 heavy (non-hydrogen) atoms. The number of alkyl halides is 3. The van der Waals surface area contributed by atoms with Gasteiger partial charge in [0.2, 0.25) is 3.79 Å². The molecule has 0 bridgehead atoms. The summed E-state index contributed by atoms with van der Waals surface area (Å²) >= 11 is 19.7. The van der Waals surface area contributed by atoms with Gasteiger partial charge in [0.1, 0.15) is 18.3 Å². The van der Waals surface area contributed by atoms with Crippen LogP contribution in [-0.4, -0.2) is 24.3 Å². The predicted octanol–water partition coefficient (Wildman–Crippen LogP) is 6.44. The Kier molecular flexibility index (Phi) is 6.80. The van der Waals surface area contributed by atoms with Crippen LogP contribution in [0.4, 0.5) is 0 Å². The molecule has 0 aromatic heterocycles. The van der Waals surface area contributed by atoms with E-state index >= 15 is 0 Å². The maximum Gasteiger partial charge on any atom is 0.261 e. The summed E-state index contributed by atoms with van der Waals surface area (Å²) in [4.78, 5) is 0. The first-order valence-electron chi connectivity index (χ1n) is 10.7. The lowest BCUT2D eigenvalue weighted by molar-refractivity contribution is 0.151. The van der Waals surface area contributed by atoms with Crippen molar-refractivity contribution in [2.75, 3.05) is 0 Å². The molecule has 3 aromatic carbocycles. The van der Waals surface area contributed by atoms with Crippen molar-refractivity contribution in [3.05, 3.63) is 96.6 Å². The van der Waals surface area contributed by atoms with E-state index in [1.54, 1.807) is 0 Å². The molecule has 0 amide bonds. The Morgan fingerprint density at radius 2 is 1.19 bits per heavy atom. The smallest absolute Gasteiger partial charge is 0.261 e. The van der Waals surface area contributed by atoms with E-state index in [4.69, 9.17) is 44.0 Å². The van der Waals surface area contributed by atoms with Gasteiger partial charge in [-0.05, 0) is 21.0 Å². The second-order valence-corrected chi connectivity index (χ2v) is 15.8. The van der Waals surface area contributed by atoms with Crippen molar-refractivity contribution in [2.24, 2.45) is 0 Å². The Morgan fingerprint density at radius 3 is 1.59 bits per heavy atom. The number of epoxide rings is 1. The van der Waals surface area contributed by atoms with Gasteiger partial charge in [-0.2, -0.15) is 0 Å². The third-order valence-corrected chi connectivity index (χ3v) is 11.7. The third kappa shape index (κ3) is 4.65. The van der Waals surface area contributed by atoms with E-state index in [2.05, 4.69) is 45.0 Å². The van der Waals surface area contributed by atoms with E-state index in [1.807, 2.05) is 66.7 Å². The summed E-state index contributed by atoms with van der Waals surface area (Å²) < 4.78 is 11.5. The summed E-state index contributed by atoms with van der Waals surface area (Å²) in [6, 6.07) is 30.7. The van der Waals surface area contributed by atoms with Gasteiger partial charge in [-0.15, -0.1) is 0 Å². The molecular weight excluding hydrogens is 479 g/mol. The highest BCUT2D eigenvalue weighted by molar-refractivity contribution is 6.99. The van der Waals surface area contributed by atoms with Crippen molar-refractivity contribution in [3.63, 3.8) is 0 Å². The van der Waals surface area contributed by atoms with E-state index in [0.29, 0.717) is 0 Å². The molecule has 0 aliphatic carbocycles. The molecule has 1 aliphatic heterocycles. The second kappa shape index (κ2) is 9.13. The number of rotatable bonds is 6. The monoisotopic (exact) mass is 504 g/mol. The first kappa shape index (κ1) is 23.8. The summed E-state index contributed by atoms with van der Waals surface area (Å²) in [5.74, 6) is 0. The van der Waals surface area contributed by atoms with Gasteiger partial charge in [0.05, 0.1) is 0 Å². The largest absolute Gasteiger partial charge is 0.397 e. The zero-order valence-corrected chi connectivity index (χ0v) is 21.6. The molecule has 3 aromatic rings. The molecule has 4 rings (SSSR count). The van der Waals surface area contributed by atoms with Crippen molar-refractivity contribution in [1.29, 1.82) is 0 Å². The number of ether oxygens (including phenoxy) is 1. The zero-order valence-electron chi connectivity index (χ0n) is 18.3. The van der Waals surface area contributed by atoms with Gasteiger partial charge in [0.25, 0.3) is 8.32 Å². The van der Waals surface area contributed by atoms with Gasteiger partial charge in [0.15, 0.2) is 0 Å². The molecule has 1 aliphatic rings. The topological polar surface area (TPSA) is 21.8 Å². The summed E-state index contributed by atoms with van der Waals surface area (Å²) in [6.45, 7) is 6.62. The molecule has 0 spiro atoms. The average molecular weight is 506 g/mol. The maximum absolute atomic E-state index is 7.13. The van der Waals surface area contributed by atoms with Gasteiger partial charge in [0, 0.05) is 0 Å². The van der Waals surface area contributed by atoms with Gasteiger partial charge < -0.3 is 9.16 Å². The first-order valence-corrected chi connectivity index (χ1v) is 13.7. The van der Waals surface area contributed by atoms with E-state index in [0.717, 1.165) is 15.9 Å². The predicted molar refractivity (Wildman–Crippen MR) is 137 cm³/mol. The highest BCUT2D eigenvalue weighted by Gasteiger charge is 2.60. The fraction of sp³-hybridized carbons (Fsp3) is 0.308. The van der Waals surface area contributed by atoms with E-state index in [1.165, 1.54) is 0 Å². The summed E-state index contributed by atoms with van der Waals surface area (Å²) in [7, 11) is -2.91. The number of halogens is 3. The Labute approximate surface area is 206 Å². The molecule has 0 N–H and O–H groups in total. The highest BCUT2D eigenvalue weighted by Crippen LogP contribution is 2.51. The van der Waals surface area contributed by atoms with Crippen LogP contribution in [0.25, 0.3) is 0 Å². The molecule has 0 saturated carbocycles. The second-order valence-electron chi connectivity index (χ2n) is 9.18. The normalized spacial score (nSPS) is 20.1. The van der Waals surface area contributed by atoms with Crippen LogP contribution >= 0.6 is 34.8 Å². The lowest BCUT2D eigenvalue weighted by atomic mass is 10.1. The molecule has 2 nitrogen and oxygen atoms in total. The summed E-state index contributed by atoms with van der Waals surface area (Å²) in [5, 5.41) is 2.03. The molecule has 6 heteroatoms. The maximum atomic E-state index is 7.13. The Hall–Kier alpha value is -1.33. The minimum absolute atomic E-state index is 0.157. The van der Waals surface area contributed by atoms with Crippen LogP contribution in [0.15, 0.2) is 91.0 Å². The Morgan fingerprint density at radius 1 is 0.750 bits per heavy atom. The van der Waals surface area contributed by atoms with Gasteiger partial charge in [-0.3, -0.25) is 0 Å². The molecule has 0 unspecified atom stereocenters. The molecule has 1 saturated heterocycles. The van der Waals surface area contributed by atoms with E-state index in [-0.39, 0.29) is 17.2 Å². The Balaban J connectivity index is 1.82.